The van der Waals surface area contributed by atoms with Crippen molar-refractivity contribution in [3.8, 4) is 0 Å². The molecule has 2 N–H and O–H groups in total. The Morgan fingerprint density at radius 2 is 1.80 bits per heavy atom. The van der Waals surface area contributed by atoms with E-state index in [1.54, 1.807) is 0 Å². The summed E-state index contributed by atoms with van der Waals surface area (Å²) in [7, 11) is 0. The Balaban J connectivity index is 2.07. The molecule has 0 aromatic rings. The molecule has 1 amide bonds. The fraction of sp³-hybridized carbons (Fsp3) is 0.867. The number of hydrogen-bond acceptors (Lipinski definition) is 3. The van der Waals surface area contributed by atoms with E-state index in [0.29, 0.717) is 12.5 Å². The Bertz CT molecular complexity index is 353. The van der Waals surface area contributed by atoms with Gasteiger partial charge in [0.2, 0.25) is 5.91 Å². The molecule has 2 rings (SSSR count). The van der Waals surface area contributed by atoms with Crippen LogP contribution >= 0.6 is 0 Å². The van der Waals surface area contributed by atoms with E-state index in [0.717, 1.165) is 51.7 Å². The van der Waals surface area contributed by atoms with E-state index in [1.807, 2.05) is 4.90 Å². The van der Waals surface area contributed by atoms with Crippen LogP contribution < -0.4 is 5.32 Å². The predicted molar refractivity (Wildman–Crippen MR) is 76.4 cm³/mol. The van der Waals surface area contributed by atoms with Crippen molar-refractivity contribution in [3.63, 3.8) is 0 Å². The Morgan fingerprint density at radius 3 is 2.40 bits per heavy atom. The maximum absolute atomic E-state index is 12.8. The fourth-order valence-electron chi connectivity index (χ4n) is 3.60. The molecule has 0 radical (unpaired) electrons. The molecule has 0 aromatic heterocycles. The molecular weight excluding hydrogens is 256 g/mol. The second-order valence-corrected chi connectivity index (χ2v) is 5.99. The van der Waals surface area contributed by atoms with Gasteiger partial charge in [0.15, 0.2) is 0 Å². The van der Waals surface area contributed by atoms with Crippen LogP contribution in [-0.4, -0.2) is 47.6 Å². The number of carbonyl (C=O) groups excluding carboxylic acids is 1. The summed E-state index contributed by atoms with van der Waals surface area (Å²) in [4.78, 5) is 26.1. The highest BCUT2D eigenvalue weighted by molar-refractivity contribution is 5.85. The summed E-state index contributed by atoms with van der Waals surface area (Å²) in [5.74, 6) is -1.48. The monoisotopic (exact) mass is 282 g/mol. The fourth-order valence-corrected chi connectivity index (χ4v) is 3.60. The van der Waals surface area contributed by atoms with Gasteiger partial charge in [0.25, 0.3) is 0 Å². The molecule has 1 aliphatic heterocycles. The lowest BCUT2D eigenvalue weighted by Gasteiger charge is -2.36. The van der Waals surface area contributed by atoms with Crippen molar-refractivity contribution in [3.05, 3.63) is 0 Å². The Labute approximate surface area is 120 Å². The minimum atomic E-state index is -0.803. The number of hydrogen-bond donors (Lipinski definition) is 2. The van der Waals surface area contributed by atoms with Crippen LogP contribution in [0.2, 0.25) is 0 Å². The van der Waals surface area contributed by atoms with Crippen molar-refractivity contribution >= 4 is 11.9 Å². The van der Waals surface area contributed by atoms with Gasteiger partial charge in [0, 0.05) is 12.6 Å². The maximum atomic E-state index is 12.8. The zero-order chi connectivity index (χ0) is 14.5. The molecule has 20 heavy (non-hydrogen) atoms. The van der Waals surface area contributed by atoms with Crippen LogP contribution in [0.4, 0.5) is 0 Å². The van der Waals surface area contributed by atoms with Crippen molar-refractivity contribution in [2.24, 2.45) is 11.8 Å². The Hall–Kier alpha value is -1.10. The van der Waals surface area contributed by atoms with Crippen LogP contribution in [0.1, 0.15) is 45.4 Å². The van der Waals surface area contributed by atoms with Gasteiger partial charge in [-0.05, 0) is 45.2 Å². The number of nitrogens with zero attached hydrogens (tertiary/aromatic N) is 1. The highest BCUT2D eigenvalue weighted by Gasteiger charge is 2.41. The molecule has 1 heterocycles. The molecule has 0 aromatic carbocycles. The highest BCUT2D eigenvalue weighted by Crippen LogP contribution is 2.34. The number of amides is 1. The van der Waals surface area contributed by atoms with E-state index < -0.39 is 11.9 Å². The van der Waals surface area contributed by atoms with Crippen molar-refractivity contribution < 1.29 is 14.7 Å². The second-order valence-electron chi connectivity index (χ2n) is 5.99. The zero-order valence-corrected chi connectivity index (χ0v) is 12.3. The van der Waals surface area contributed by atoms with Crippen molar-refractivity contribution in [2.75, 3.05) is 19.6 Å². The molecule has 2 unspecified atom stereocenters. The number of piperidine rings is 1. The second kappa shape index (κ2) is 7.07. The molecule has 1 aliphatic carbocycles. The quantitative estimate of drug-likeness (QED) is 0.801. The molecule has 114 valence electrons. The van der Waals surface area contributed by atoms with Crippen LogP contribution in [0.15, 0.2) is 0 Å². The van der Waals surface area contributed by atoms with Crippen molar-refractivity contribution in [2.45, 2.75) is 51.5 Å². The van der Waals surface area contributed by atoms with Crippen LogP contribution in [0, 0.1) is 11.8 Å². The number of nitrogens with one attached hydrogen (secondary N) is 1. The third kappa shape index (κ3) is 3.32. The highest BCUT2D eigenvalue weighted by atomic mass is 16.4. The molecule has 5 nitrogen and oxygen atoms in total. The average Bonchev–Trinajstić information content (AvgIpc) is 2.94. The zero-order valence-electron chi connectivity index (χ0n) is 12.3. The van der Waals surface area contributed by atoms with E-state index >= 15 is 0 Å². The van der Waals surface area contributed by atoms with E-state index in [2.05, 4.69) is 12.2 Å². The molecule has 0 bridgehead atoms. The summed E-state index contributed by atoms with van der Waals surface area (Å²) in [6.45, 7) is 4.73. The molecule has 5 heteroatoms. The van der Waals surface area contributed by atoms with Crippen LogP contribution in [0.3, 0.4) is 0 Å². The average molecular weight is 282 g/mol. The first kappa shape index (κ1) is 15.3. The van der Waals surface area contributed by atoms with Gasteiger partial charge in [-0.25, -0.2) is 0 Å². The molecule has 0 spiro atoms. The topological polar surface area (TPSA) is 69.6 Å². The van der Waals surface area contributed by atoms with Gasteiger partial charge < -0.3 is 15.3 Å². The third-order valence-electron chi connectivity index (χ3n) is 4.65. The summed E-state index contributed by atoms with van der Waals surface area (Å²) in [6.07, 6.45) is 5.14. The van der Waals surface area contributed by atoms with Gasteiger partial charge in [-0.3, -0.25) is 9.59 Å². The van der Waals surface area contributed by atoms with Gasteiger partial charge in [0.1, 0.15) is 0 Å². The minimum absolute atomic E-state index is 0.0867. The number of carboxylic acid groups (broad SMARTS) is 1. The van der Waals surface area contributed by atoms with Gasteiger partial charge in [-0.1, -0.05) is 13.3 Å². The van der Waals surface area contributed by atoms with E-state index in [4.69, 9.17) is 0 Å². The first-order valence-electron chi connectivity index (χ1n) is 7.89. The summed E-state index contributed by atoms with van der Waals surface area (Å²) in [5, 5.41) is 12.6. The smallest absolute Gasteiger partial charge is 0.307 e. The van der Waals surface area contributed by atoms with Crippen molar-refractivity contribution in [1.82, 2.24) is 10.2 Å². The van der Waals surface area contributed by atoms with E-state index in [-0.39, 0.29) is 11.8 Å². The van der Waals surface area contributed by atoms with Gasteiger partial charge in [0.05, 0.1) is 11.8 Å². The maximum Gasteiger partial charge on any atom is 0.307 e. The molecule has 1 saturated carbocycles. The first-order chi connectivity index (χ1) is 9.65. The summed E-state index contributed by atoms with van der Waals surface area (Å²) >= 11 is 0. The molecule has 1 saturated heterocycles. The van der Waals surface area contributed by atoms with Crippen LogP contribution in [0.25, 0.3) is 0 Å². The first-order valence-corrected chi connectivity index (χ1v) is 7.89. The Morgan fingerprint density at radius 1 is 1.15 bits per heavy atom. The number of rotatable bonds is 5. The third-order valence-corrected chi connectivity index (χ3v) is 4.65. The number of carboxylic acids is 1. The SMILES string of the molecule is CCCN(C(=O)C1CCCC1C(=O)O)C1CCNCC1. The van der Waals surface area contributed by atoms with E-state index in [1.165, 1.54) is 0 Å². The van der Waals surface area contributed by atoms with Crippen molar-refractivity contribution in [1.29, 1.82) is 0 Å². The van der Waals surface area contributed by atoms with Gasteiger partial charge in [-0.15, -0.1) is 0 Å². The molecule has 2 fully saturated rings. The molecular formula is C15H26N2O3. The van der Waals surface area contributed by atoms with Gasteiger partial charge in [-0.2, -0.15) is 0 Å². The summed E-state index contributed by atoms with van der Waals surface area (Å²) in [5.41, 5.74) is 0. The summed E-state index contributed by atoms with van der Waals surface area (Å²) < 4.78 is 0. The number of carbonyl (C=O) groups is 2. The molecule has 2 atom stereocenters. The lowest BCUT2D eigenvalue weighted by atomic mass is 9.93. The normalized spacial score (nSPS) is 27.4. The molecule has 2 aliphatic rings. The lowest BCUT2D eigenvalue weighted by Crippen LogP contribution is -2.49. The van der Waals surface area contributed by atoms with Gasteiger partial charge >= 0.3 is 5.97 Å². The summed E-state index contributed by atoms with van der Waals surface area (Å²) in [6, 6.07) is 0.291. The standard InChI is InChI=1S/C15H26N2O3/c1-2-10-17(11-6-8-16-9-7-11)14(18)12-4-3-5-13(12)15(19)20/h11-13,16H,2-10H2,1H3,(H,19,20). The van der Waals surface area contributed by atoms with E-state index in [9.17, 15) is 14.7 Å². The van der Waals surface area contributed by atoms with Crippen LogP contribution in [0.5, 0.6) is 0 Å². The predicted octanol–water partition coefficient (Wildman–Crippen LogP) is 1.48. The largest absolute Gasteiger partial charge is 0.481 e. The Kier molecular flexibility index (Phi) is 5.40. The minimum Gasteiger partial charge on any atom is -0.481 e. The van der Waals surface area contributed by atoms with Crippen LogP contribution in [-0.2, 0) is 9.59 Å². The number of aliphatic carboxylic acids is 1. The lowest BCUT2D eigenvalue weighted by molar-refractivity contribution is -0.150.